The summed E-state index contributed by atoms with van der Waals surface area (Å²) >= 11 is 1.46. The van der Waals surface area contributed by atoms with Crippen LogP contribution in [0.25, 0.3) is 5.69 Å². The van der Waals surface area contributed by atoms with E-state index in [9.17, 15) is 8.42 Å². The number of benzene rings is 1. The summed E-state index contributed by atoms with van der Waals surface area (Å²) < 4.78 is 27.6. The summed E-state index contributed by atoms with van der Waals surface area (Å²) in [6.07, 6.45) is 4.71. The molecule has 3 aromatic rings. The Labute approximate surface area is 139 Å². The van der Waals surface area contributed by atoms with E-state index in [4.69, 9.17) is 0 Å². The van der Waals surface area contributed by atoms with Gasteiger partial charge in [-0.15, -0.1) is 11.3 Å². The minimum Gasteiger partial charge on any atom is -0.265 e. The summed E-state index contributed by atoms with van der Waals surface area (Å²) in [6, 6.07) is 9.12. The van der Waals surface area contributed by atoms with E-state index < -0.39 is 10.0 Å². The lowest BCUT2D eigenvalue weighted by atomic mass is 10.2. The molecule has 0 bridgehead atoms. The van der Waals surface area contributed by atoms with Gasteiger partial charge in [0.05, 0.1) is 35.4 Å². The Morgan fingerprint density at radius 2 is 2.13 bits per heavy atom. The van der Waals surface area contributed by atoms with Gasteiger partial charge in [0.1, 0.15) is 0 Å². The first-order chi connectivity index (χ1) is 10.9. The first kappa shape index (κ1) is 15.7. The second-order valence-electron chi connectivity index (χ2n) is 5.10. The summed E-state index contributed by atoms with van der Waals surface area (Å²) in [5, 5.41) is 4.18. The maximum absolute atomic E-state index is 12.3. The van der Waals surface area contributed by atoms with Crippen molar-refractivity contribution in [3.05, 3.63) is 58.8 Å². The van der Waals surface area contributed by atoms with Crippen LogP contribution in [0.5, 0.6) is 0 Å². The van der Waals surface area contributed by atoms with Gasteiger partial charge in [0.15, 0.2) is 0 Å². The molecule has 0 N–H and O–H groups in total. The van der Waals surface area contributed by atoms with Crippen molar-refractivity contribution in [2.75, 3.05) is 10.6 Å². The molecule has 0 aliphatic carbocycles. The third kappa shape index (κ3) is 3.43. The summed E-state index contributed by atoms with van der Waals surface area (Å²) in [6.45, 7) is 2.16. The number of aryl methyl sites for hydroxylation is 1. The Hall–Kier alpha value is -2.19. The largest absolute Gasteiger partial charge is 0.265 e. The van der Waals surface area contributed by atoms with Crippen LogP contribution in [0, 0.1) is 6.92 Å². The summed E-state index contributed by atoms with van der Waals surface area (Å²) in [7, 11) is -3.41. The Balaban J connectivity index is 2.01. The quantitative estimate of drug-likeness (QED) is 0.711. The Bertz CT molecular complexity index is 901. The molecule has 2 heterocycles. The zero-order valence-corrected chi connectivity index (χ0v) is 14.4. The number of hydrogen-bond acceptors (Lipinski definition) is 5. The van der Waals surface area contributed by atoms with Gasteiger partial charge < -0.3 is 0 Å². The second kappa shape index (κ2) is 6.13. The van der Waals surface area contributed by atoms with Crippen molar-refractivity contribution >= 4 is 27.0 Å². The second-order valence-corrected chi connectivity index (χ2v) is 7.95. The number of aromatic nitrogens is 3. The molecule has 0 spiro atoms. The monoisotopic (exact) mass is 348 g/mol. The summed E-state index contributed by atoms with van der Waals surface area (Å²) in [4.78, 5) is 5.12. The van der Waals surface area contributed by atoms with Crippen LogP contribution in [0.3, 0.4) is 0 Å². The van der Waals surface area contributed by atoms with E-state index in [-0.39, 0.29) is 6.54 Å². The SMILES string of the molecule is Cc1ncsc1CN(c1cccc(-n2cccn2)c1)S(C)(=O)=O. The van der Waals surface area contributed by atoms with Crippen molar-refractivity contribution in [3.63, 3.8) is 0 Å². The fourth-order valence-electron chi connectivity index (χ4n) is 2.22. The predicted octanol–water partition coefficient (Wildman–Crippen LogP) is 2.60. The van der Waals surface area contributed by atoms with Gasteiger partial charge in [-0.1, -0.05) is 6.07 Å². The highest BCUT2D eigenvalue weighted by molar-refractivity contribution is 7.92. The minimum atomic E-state index is -3.41. The zero-order chi connectivity index (χ0) is 16.4. The summed E-state index contributed by atoms with van der Waals surface area (Å²) in [5.41, 5.74) is 3.99. The molecule has 3 rings (SSSR count). The van der Waals surface area contributed by atoms with E-state index >= 15 is 0 Å². The number of thiazole rings is 1. The Morgan fingerprint density at radius 1 is 1.30 bits per heavy atom. The smallest absolute Gasteiger partial charge is 0.232 e. The maximum atomic E-state index is 12.3. The number of sulfonamides is 1. The maximum Gasteiger partial charge on any atom is 0.232 e. The minimum absolute atomic E-state index is 0.276. The van der Waals surface area contributed by atoms with Gasteiger partial charge in [0.25, 0.3) is 0 Å². The highest BCUT2D eigenvalue weighted by Gasteiger charge is 2.20. The molecule has 2 aromatic heterocycles. The van der Waals surface area contributed by atoms with Crippen LogP contribution in [0.4, 0.5) is 5.69 Å². The normalized spacial score (nSPS) is 11.6. The van der Waals surface area contributed by atoms with Crippen molar-refractivity contribution in [2.45, 2.75) is 13.5 Å². The van der Waals surface area contributed by atoms with Crippen LogP contribution < -0.4 is 4.31 Å². The molecular weight excluding hydrogens is 332 g/mol. The standard InChI is InChI=1S/C15H16N4O2S2/c1-12-15(22-11-16-12)10-19(23(2,20)21)14-6-3-5-13(9-14)18-8-4-7-17-18/h3-9,11H,10H2,1-2H3. The molecule has 120 valence electrons. The van der Waals surface area contributed by atoms with E-state index in [0.717, 1.165) is 16.3 Å². The first-order valence-electron chi connectivity index (χ1n) is 6.92. The number of rotatable bonds is 5. The van der Waals surface area contributed by atoms with Gasteiger partial charge in [0.2, 0.25) is 10.0 Å². The fourth-order valence-corrected chi connectivity index (χ4v) is 3.93. The third-order valence-corrected chi connectivity index (χ3v) is 5.48. The number of nitrogens with zero attached hydrogens (tertiary/aromatic N) is 4. The molecule has 1 aromatic carbocycles. The molecule has 0 atom stereocenters. The van der Waals surface area contributed by atoms with Gasteiger partial charge in [-0.05, 0) is 31.2 Å². The van der Waals surface area contributed by atoms with E-state index in [1.54, 1.807) is 22.5 Å². The van der Waals surface area contributed by atoms with E-state index in [1.807, 2.05) is 37.4 Å². The number of hydrogen-bond donors (Lipinski definition) is 0. The third-order valence-electron chi connectivity index (χ3n) is 3.42. The van der Waals surface area contributed by atoms with E-state index in [2.05, 4.69) is 10.1 Å². The van der Waals surface area contributed by atoms with Gasteiger partial charge >= 0.3 is 0 Å². The number of anilines is 1. The molecule has 0 saturated carbocycles. The molecule has 0 unspecified atom stereocenters. The highest BCUT2D eigenvalue weighted by atomic mass is 32.2. The lowest BCUT2D eigenvalue weighted by Gasteiger charge is -2.22. The van der Waals surface area contributed by atoms with Gasteiger partial charge in [0, 0.05) is 17.3 Å². The summed E-state index contributed by atoms with van der Waals surface area (Å²) in [5.74, 6) is 0. The van der Waals surface area contributed by atoms with E-state index in [1.165, 1.54) is 21.9 Å². The van der Waals surface area contributed by atoms with Crippen LogP contribution in [-0.4, -0.2) is 29.4 Å². The van der Waals surface area contributed by atoms with Crippen LogP contribution >= 0.6 is 11.3 Å². The fraction of sp³-hybridized carbons (Fsp3) is 0.200. The molecule has 0 amide bonds. The molecule has 0 aliphatic rings. The van der Waals surface area contributed by atoms with Crippen molar-refractivity contribution in [3.8, 4) is 5.69 Å². The Kier molecular flexibility index (Phi) is 4.18. The first-order valence-corrected chi connectivity index (χ1v) is 9.65. The highest BCUT2D eigenvalue weighted by Crippen LogP contribution is 2.25. The lowest BCUT2D eigenvalue weighted by Crippen LogP contribution is -2.29. The Morgan fingerprint density at radius 3 is 2.74 bits per heavy atom. The van der Waals surface area contributed by atoms with Gasteiger partial charge in [-0.3, -0.25) is 4.31 Å². The van der Waals surface area contributed by atoms with Crippen LogP contribution in [0.15, 0.2) is 48.2 Å². The molecular formula is C15H16N4O2S2. The van der Waals surface area contributed by atoms with Crippen LogP contribution in [0.1, 0.15) is 10.6 Å². The molecule has 6 nitrogen and oxygen atoms in total. The molecule has 23 heavy (non-hydrogen) atoms. The average Bonchev–Trinajstić information content (AvgIpc) is 3.15. The molecule has 0 radical (unpaired) electrons. The molecule has 0 aliphatic heterocycles. The zero-order valence-electron chi connectivity index (χ0n) is 12.7. The van der Waals surface area contributed by atoms with Crippen molar-refractivity contribution in [2.24, 2.45) is 0 Å². The van der Waals surface area contributed by atoms with Crippen molar-refractivity contribution in [1.82, 2.24) is 14.8 Å². The molecule has 0 fully saturated rings. The van der Waals surface area contributed by atoms with Crippen LogP contribution in [0.2, 0.25) is 0 Å². The van der Waals surface area contributed by atoms with Crippen LogP contribution in [-0.2, 0) is 16.6 Å². The molecule has 0 saturated heterocycles. The van der Waals surface area contributed by atoms with Crippen molar-refractivity contribution < 1.29 is 8.42 Å². The van der Waals surface area contributed by atoms with Crippen molar-refractivity contribution in [1.29, 1.82) is 0 Å². The topological polar surface area (TPSA) is 68.1 Å². The van der Waals surface area contributed by atoms with Gasteiger partial charge in [-0.2, -0.15) is 5.10 Å². The predicted molar refractivity (Wildman–Crippen MR) is 91.4 cm³/mol. The van der Waals surface area contributed by atoms with Gasteiger partial charge in [-0.25, -0.2) is 18.1 Å². The van der Waals surface area contributed by atoms with E-state index in [0.29, 0.717) is 5.69 Å². The molecule has 8 heteroatoms. The lowest BCUT2D eigenvalue weighted by molar-refractivity contribution is 0.596. The average molecular weight is 348 g/mol.